The number of amides is 1. The summed E-state index contributed by atoms with van der Waals surface area (Å²) in [5, 5.41) is 3.18. The van der Waals surface area contributed by atoms with Crippen LogP contribution in [-0.2, 0) is 9.47 Å². The highest BCUT2D eigenvalue weighted by atomic mass is 35.5. The molecule has 1 amide bonds. The van der Waals surface area contributed by atoms with Crippen molar-refractivity contribution in [2.75, 3.05) is 18.5 Å². The highest BCUT2D eigenvalue weighted by Gasteiger charge is 2.35. The molecule has 2 atom stereocenters. The Morgan fingerprint density at radius 3 is 3.29 bits per heavy atom. The molecule has 3 heterocycles. The van der Waals surface area contributed by atoms with Crippen LogP contribution >= 0.6 is 11.6 Å². The molecule has 1 aromatic rings. The average molecular weight is 255 g/mol. The van der Waals surface area contributed by atoms with Crippen LogP contribution in [0.1, 0.15) is 17.9 Å². The van der Waals surface area contributed by atoms with Gasteiger partial charge in [-0.15, -0.1) is 0 Å². The average Bonchev–Trinajstić information content (AvgIpc) is 2.45. The maximum atomic E-state index is 11.5. The number of fused-ring (bicyclic) bond motifs is 3. The van der Waals surface area contributed by atoms with Crippen LogP contribution in [-0.4, -0.2) is 30.4 Å². The quantitative estimate of drug-likeness (QED) is 0.771. The van der Waals surface area contributed by atoms with Gasteiger partial charge >= 0.3 is 6.09 Å². The first kappa shape index (κ1) is 10.8. The summed E-state index contributed by atoms with van der Waals surface area (Å²) in [5.74, 6) is 0.637. The molecule has 5 nitrogen and oxygen atoms in total. The number of halogens is 1. The number of aromatic nitrogens is 1. The van der Waals surface area contributed by atoms with E-state index in [0.29, 0.717) is 24.1 Å². The summed E-state index contributed by atoms with van der Waals surface area (Å²) in [7, 11) is 0. The van der Waals surface area contributed by atoms with Gasteiger partial charge in [-0.3, -0.25) is 5.32 Å². The van der Waals surface area contributed by atoms with Crippen LogP contribution < -0.4 is 5.32 Å². The van der Waals surface area contributed by atoms with Gasteiger partial charge in [-0.05, 0) is 12.5 Å². The van der Waals surface area contributed by atoms with Crippen LogP contribution in [0.2, 0.25) is 5.02 Å². The summed E-state index contributed by atoms with van der Waals surface area (Å²) in [4.78, 5) is 15.7. The summed E-state index contributed by atoms with van der Waals surface area (Å²) in [5.41, 5.74) is 0.927. The lowest BCUT2D eigenvalue weighted by atomic mass is 9.90. The molecule has 0 unspecified atom stereocenters. The zero-order chi connectivity index (χ0) is 11.8. The third-order valence-corrected chi connectivity index (χ3v) is 3.27. The number of rotatable bonds is 0. The predicted octanol–water partition coefficient (Wildman–Crippen LogP) is 2.17. The third-order valence-electron chi connectivity index (χ3n) is 3.07. The van der Waals surface area contributed by atoms with Gasteiger partial charge in [0.15, 0.2) is 0 Å². The fraction of sp³-hybridized carbons (Fsp3) is 0.455. The van der Waals surface area contributed by atoms with Gasteiger partial charge in [0.1, 0.15) is 11.9 Å². The minimum absolute atomic E-state index is 0.101. The van der Waals surface area contributed by atoms with Gasteiger partial charge in [0.2, 0.25) is 0 Å². The van der Waals surface area contributed by atoms with Crippen LogP contribution in [0.15, 0.2) is 12.3 Å². The zero-order valence-electron chi connectivity index (χ0n) is 8.98. The van der Waals surface area contributed by atoms with Gasteiger partial charge in [-0.25, -0.2) is 9.78 Å². The summed E-state index contributed by atoms with van der Waals surface area (Å²) < 4.78 is 10.6. The number of carbonyl (C=O) groups excluding carboxylic acids is 1. The second-order valence-electron chi connectivity index (χ2n) is 4.13. The number of anilines is 1. The van der Waals surface area contributed by atoms with Crippen molar-refractivity contribution in [3.05, 3.63) is 22.8 Å². The molecule has 6 heteroatoms. The van der Waals surface area contributed by atoms with Crippen LogP contribution in [0.25, 0.3) is 0 Å². The zero-order valence-corrected chi connectivity index (χ0v) is 9.74. The van der Waals surface area contributed by atoms with E-state index in [1.165, 1.54) is 6.20 Å². The van der Waals surface area contributed by atoms with E-state index in [2.05, 4.69) is 10.3 Å². The lowest BCUT2D eigenvalue weighted by Gasteiger charge is -2.29. The van der Waals surface area contributed by atoms with Gasteiger partial charge in [0.05, 0.1) is 11.6 Å². The van der Waals surface area contributed by atoms with E-state index in [9.17, 15) is 4.79 Å². The Balaban J connectivity index is 2.07. The Morgan fingerprint density at radius 2 is 2.41 bits per heavy atom. The molecule has 0 aromatic carbocycles. The number of pyridine rings is 1. The van der Waals surface area contributed by atoms with Crippen molar-refractivity contribution in [1.82, 2.24) is 4.98 Å². The number of hydrogen-bond acceptors (Lipinski definition) is 4. The van der Waals surface area contributed by atoms with Crippen molar-refractivity contribution in [2.45, 2.75) is 18.4 Å². The van der Waals surface area contributed by atoms with E-state index in [1.54, 1.807) is 0 Å². The monoisotopic (exact) mass is 254 g/mol. The number of carbonyl (C=O) groups is 1. The molecule has 17 heavy (non-hydrogen) atoms. The van der Waals surface area contributed by atoms with E-state index >= 15 is 0 Å². The van der Waals surface area contributed by atoms with Gasteiger partial charge in [-0.2, -0.15) is 0 Å². The van der Waals surface area contributed by atoms with E-state index in [0.717, 1.165) is 12.0 Å². The number of ether oxygens (including phenoxy) is 2. The SMILES string of the molecule is O=C1Nc2ncc(Cl)cc2[C@H]2CCOC[C@H]2O1. The highest BCUT2D eigenvalue weighted by Crippen LogP contribution is 2.36. The molecule has 2 aliphatic heterocycles. The highest BCUT2D eigenvalue weighted by molar-refractivity contribution is 6.30. The van der Waals surface area contributed by atoms with E-state index < -0.39 is 6.09 Å². The van der Waals surface area contributed by atoms with E-state index in [1.807, 2.05) is 6.07 Å². The Bertz CT molecular complexity index is 466. The van der Waals surface area contributed by atoms with Gasteiger partial charge < -0.3 is 9.47 Å². The molecular formula is C11H11ClN2O3. The van der Waals surface area contributed by atoms with Crippen LogP contribution in [0.3, 0.4) is 0 Å². The lowest BCUT2D eigenvalue weighted by Crippen LogP contribution is -2.33. The van der Waals surface area contributed by atoms with Crippen molar-refractivity contribution in [1.29, 1.82) is 0 Å². The summed E-state index contributed by atoms with van der Waals surface area (Å²) in [6, 6.07) is 1.84. The Hall–Kier alpha value is -1.33. The third kappa shape index (κ3) is 1.96. The van der Waals surface area contributed by atoms with Crippen LogP contribution in [0.4, 0.5) is 10.6 Å². The molecule has 3 rings (SSSR count). The molecule has 90 valence electrons. The smallest absolute Gasteiger partial charge is 0.413 e. The summed E-state index contributed by atoms with van der Waals surface area (Å²) in [6.07, 6.45) is 1.57. The first-order valence-corrected chi connectivity index (χ1v) is 5.82. The molecule has 0 bridgehead atoms. The number of nitrogens with zero attached hydrogens (tertiary/aromatic N) is 1. The second kappa shape index (κ2) is 4.16. The Kier molecular flexibility index (Phi) is 2.64. The maximum Gasteiger partial charge on any atom is 0.413 e. The summed E-state index contributed by atoms with van der Waals surface area (Å²) in [6.45, 7) is 1.08. The minimum atomic E-state index is -0.487. The number of nitrogens with one attached hydrogen (secondary N) is 1. The molecule has 1 aromatic heterocycles. The Labute approximate surface area is 103 Å². The predicted molar refractivity (Wildman–Crippen MR) is 61.3 cm³/mol. The molecule has 0 radical (unpaired) electrons. The topological polar surface area (TPSA) is 60.5 Å². The largest absolute Gasteiger partial charge is 0.443 e. The minimum Gasteiger partial charge on any atom is -0.443 e. The molecule has 0 aliphatic carbocycles. The molecule has 0 spiro atoms. The lowest BCUT2D eigenvalue weighted by molar-refractivity contribution is -0.0245. The normalized spacial score (nSPS) is 27.2. The molecule has 0 saturated carbocycles. The van der Waals surface area contributed by atoms with Crippen molar-refractivity contribution < 1.29 is 14.3 Å². The van der Waals surface area contributed by atoms with Crippen molar-refractivity contribution in [3.63, 3.8) is 0 Å². The maximum absolute atomic E-state index is 11.5. The second-order valence-corrected chi connectivity index (χ2v) is 4.57. The first-order chi connectivity index (χ1) is 8.24. The Morgan fingerprint density at radius 1 is 1.53 bits per heavy atom. The first-order valence-electron chi connectivity index (χ1n) is 5.45. The van der Waals surface area contributed by atoms with Crippen LogP contribution in [0, 0.1) is 0 Å². The van der Waals surface area contributed by atoms with Crippen LogP contribution in [0.5, 0.6) is 0 Å². The molecule has 1 saturated heterocycles. The molecular weight excluding hydrogens is 244 g/mol. The molecule has 2 aliphatic rings. The number of hydrogen-bond donors (Lipinski definition) is 1. The molecule has 1 fully saturated rings. The summed E-state index contributed by atoms with van der Waals surface area (Å²) >= 11 is 5.95. The van der Waals surface area contributed by atoms with Crippen molar-refractivity contribution >= 4 is 23.5 Å². The van der Waals surface area contributed by atoms with Gasteiger partial charge in [0.25, 0.3) is 0 Å². The van der Waals surface area contributed by atoms with Gasteiger partial charge in [0, 0.05) is 24.3 Å². The van der Waals surface area contributed by atoms with E-state index in [-0.39, 0.29) is 12.0 Å². The van der Waals surface area contributed by atoms with Gasteiger partial charge in [-0.1, -0.05) is 11.6 Å². The molecule has 1 N–H and O–H groups in total. The fourth-order valence-corrected chi connectivity index (χ4v) is 2.46. The van der Waals surface area contributed by atoms with Crippen molar-refractivity contribution in [3.8, 4) is 0 Å². The standard InChI is InChI=1S/C11H11ClN2O3/c12-6-3-8-7-1-2-16-5-9(7)17-11(15)14-10(8)13-4-6/h3-4,7,9H,1-2,5H2,(H,13,14,15)/t7-,9-/m1/s1. The van der Waals surface area contributed by atoms with Crippen molar-refractivity contribution in [2.24, 2.45) is 0 Å². The van der Waals surface area contributed by atoms with E-state index in [4.69, 9.17) is 21.1 Å². The fourth-order valence-electron chi connectivity index (χ4n) is 2.29.